The second-order valence-electron chi connectivity index (χ2n) is 6.25. The van der Waals surface area contributed by atoms with Gasteiger partial charge in [0.15, 0.2) is 6.54 Å². The number of rotatable bonds is 7. The molecule has 0 aromatic heterocycles. The van der Waals surface area contributed by atoms with Crippen LogP contribution in [0.1, 0.15) is 32.3 Å². The molecule has 1 heterocycles. The smallest absolute Gasteiger partial charge is 0.279 e. The predicted molar refractivity (Wildman–Crippen MR) is 94.7 cm³/mol. The minimum atomic E-state index is -3.52. The van der Waals surface area contributed by atoms with Crippen molar-refractivity contribution in [1.82, 2.24) is 4.31 Å². The third-order valence-corrected chi connectivity index (χ3v) is 6.59. The maximum atomic E-state index is 12.6. The second kappa shape index (κ2) is 8.09. The Morgan fingerprint density at radius 1 is 1.21 bits per heavy atom. The van der Waals surface area contributed by atoms with Crippen LogP contribution < -0.4 is 10.2 Å². The zero-order valence-electron chi connectivity index (χ0n) is 14.8. The highest BCUT2D eigenvalue weighted by Crippen LogP contribution is 2.22. The Bertz CT molecular complexity index is 678. The quantitative estimate of drug-likeness (QED) is 0.755. The molecule has 1 fully saturated rings. The summed E-state index contributed by atoms with van der Waals surface area (Å²) in [5.74, 6) is -0.0626. The fraction of sp³-hybridized carbons (Fsp3) is 0.588. The van der Waals surface area contributed by atoms with Crippen molar-refractivity contribution < 1.29 is 18.1 Å². The molecule has 0 unspecified atom stereocenters. The van der Waals surface area contributed by atoms with Crippen LogP contribution >= 0.6 is 0 Å². The topological polar surface area (TPSA) is 70.9 Å². The normalized spacial score (nSPS) is 15.8. The first-order valence-corrected chi connectivity index (χ1v) is 10.1. The van der Waals surface area contributed by atoms with Gasteiger partial charge < -0.3 is 10.2 Å². The Labute approximate surface area is 144 Å². The molecular formula is C17H28N3O3S+. The Morgan fingerprint density at radius 3 is 2.42 bits per heavy atom. The average Bonchev–Trinajstić information content (AvgIpc) is 3.03. The van der Waals surface area contributed by atoms with Crippen LogP contribution in [0.2, 0.25) is 0 Å². The van der Waals surface area contributed by atoms with Gasteiger partial charge in [0.25, 0.3) is 5.91 Å². The van der Waals surface area contributed by atoms with Gasteiger partial charge in [0.1, 0.15) is 0 Å². The molecule has 0 radical (unpaired) electrons. The lowest BCUT2D eigenvalue weighted by atomic mass is 10.2. The molecule has 7 heteroatoms. The average molecular weight is 354 g/mol. The number of aryl methyl sites for hydroxylation is 1. The highest BCUT2D eigenvalue weighted by Gasteiger charge is 2.23. The Kier molecular flexibility index (Phi) is 6.37. The van der Waals surface area contributed by atoms with E-state index in [9.17, 15) is 13.2 Å². The number of sulfonamides is 1. The van der Waals surface area contributed by atoms with Gasteiger partial charge in [-0.3, -0.25) is 4.79 Å². The highest BCUT2D eigenvalue weighted by atomic mass is 32.2. The van der Waals surface area contributed by atoms with Crippen LogP contribution in [-0.4, -0.2) is 51.4 Å². The van der Waals surface area contributed by atoms with Crippen molar-refractivity contribution in [2.24, 2.45) is 0 Å². The first-order valence-electron chi connectivity index (χ1n) is 8.62. The SMILES string of the molecule is CCN(CC)S(=O)(=O)c1ccc(C)c(NC(=O)C[NH+]2CCCC2)c1. The lowest BCUT2D eigenvalue weighted by Crippen LogP contribution is -3.11. The van der Waals surface area contributed by atoms with Gasteiger partial charge in [-0.25, -0.2) is 8.42 Å². The largest absolute Gasteiger partial charge is 0.327 e. The summed E-state index contributed by atoms with van der Waals surface area (Å²) in [4.78, 5) is 13.7. The molecule has 0 saturated carbocycles. The lowest BCUT2D eigenvalue weighted by Gasteiger charge is -2.19. The van der Waals surface area contributed by atoms with E-state index in [0.29, 0.717) is 25.3 Å². The van der Waals surface area contributed by atoms with Crippen LogP contribution in [0.15, 0.2) is 23.1 Å². The predicted octanol–water partition coefficient (Wildman–Crippen LogP) is 0.643. The van der Waals surface area contributed by atoms with E-state index in [1.54, 1.807) is 18.2 Å². The molecule has 0 spiro atoms. The van der Waals surface area contributed by atoms with Gasteiger partial charge in [-0.2, -0.15) is 4.31 Å². The minimum Gasteiger partial charge on any atom is -0.327 e. The van der Waals surface area contributed by atoms with Crippen LogP contribution in [0.3, 0.4) is 0 Å². The van der Waals surface area contributed by atoms with E-state index in [2.05, 4.69) is 5.32 Å². The van der Waals surface area contributed by atoms with Crippen LogP contribution in [0.4, 0.5) is 5.69 Å². The number of benzene rings is 1. The van der Waals surface area contributed by atoms with Gasteiger partial charge in [-0.1, -0.05) is 19.9 Å². The number of nitrogens with one attached hydrogen (secondary N) is 2. The number of likely N-dealkylation sites (tertiary alicyclic amines) is 1. The van der Waals surface area contributed by atoms with Gasteiger partial charge in [0, 0.05) is 31.6 Å². The summed E-state index contributed by atoms with van der Waals surface area (Å²) < 4.78 is 26.7. The van der Waals surface area contributed by atoms with Crippen LogP contribution in [0.25, 0.3) is 0 Å². The fourth-order valence-electron chi connectivity index (χ4n) is 3.08. The number of anilines is 1. The molecule has 2 rings (SSSR count). The van der Waals surface area contributed by atoms with E-state index in [1.807, 2.05) is 20.8 Å². The van der Waals surface area contributed by atoms with Crippen molar-refractivity contribution in [2.45, 2.75) is 38.5 Å². The second-order valence-corrected chi connectivity index (χ2v) is 8.19. The molecule has 0 bridgehead atoms. The number of hydrogen-bond acceptors (Lipinski definition) is 3. The number of hydrogen-bond donors (Lipinski definition) is 2. The molecule has 2 N–H and O–H groups in total. The molecule has 1 aromatic carbocycles. The van der Waals surface area contributed by atoms with E-state index in [-0.39, 0.29) is 10.8 Å². The zero-order valence-corrected chi connectivity index (χ0v) is 15.6. The molecule has 6 nitrogen and oxygen atoms in total. The molecule has 0 atom stereocenters. The molecule has 24 heavy (non-hydrogen) atoms. The standard InChI is InChI=1S/C17H27N3O3S/c1-4-20(5-2)24(22,23)15-9-8-14(3)16(12-15)18-17(21)13-19-10-6-7-11-19/h8-9,12H,4-7,10-11,13H2,1-3H3,(H,18,21)/p+1. The molecule has 1 amide bonds. The van der Waals surface area contributed by atoms with E-state index >= 15 is 0 Å². The summed E-state index contributed by atoms with van der Waals surface area (Å²) in [7, 11) is -3.52. The van der Waals surface area contributed by atoms with E-state index in [0.717, 1.165) is 18.7 Å². The van der Waals surface area contributed by atoms with Gasteiger partial charge in [0.2, 0.25) is 10.0 Å². The first kappa shape index (κ1) is 18.9. The molecule has 1 saturated heterocycles. The van der Waals surface area contributed by atoms with Gasteiger partial charge in [-0.05, 0) is 24.6 Å². The number of carbonyl (C=O) groups excluding carboxylic acids is 1. The van der Waals surface area contributed by atoms with Crippen LogP contribution in [-0.2, 0) is 14.8 Å². The maximum Gasteiger partial charge on any atom is 0.279 e. The van der Waals surface area contributed by atoms with Gasteiger partial charge in [0.05, 0.1) is 18.0 Å². The lowest BCUT2D eigenvalue weighted by molar-refractivity contribution is -0.878. The first-order chi connectivity index (χ1) is 11.4. The van der Waals surface area contributed by atoms with Crippen molar-refractivity contribution >= 4 is 21.6 Å². The number of quaternary nitrogens is 1. The summed E-state index contributed by atoms with van der Waals surface area (Å²) in [6.07, 6.45) is 2.33. The number of carbonyl (C=O) groups is 1. The molecule has 1 aliphatic rings. The fourth-order valence-corrected chi connectivity index (χ4v) is 4.57. The van der Waals surface area contributed by atoms with Crippen LogP contribution in [0.5, 0.6) is 0 Å². The monoisotopic (exact) mass is 354 g/mol. The van der Waals surface area contributed by atoms with Crippen molar-refractivity contribution in [1.29, 1.82) is 0 Å². The Morgan fingerprint density at radius 2 is 1.83 bits per heavy atom. The summed E-state index contributed by atoms with van der Waals surface area (Å²) in [5.41, 5.74) is 1.44. The van der Waals surface area contributed by atoms with Crippen molar-refractivity contribution in [3.8, 4) is 0 Å². The molecule has 134 valence electrons. The third kappa shape index (κ3) is 4.34. The van der Waals surface area contributed by atoms with Gasteiger partial charge in [-0.15, -0.1) is 0 Å². The zero-order chi connectivity index (χ0) is 17.7. The highest BCUT2D eigenvalue weighted by molar-refractivity contribution is 7.89. The molecule has 1 aromatic rings. The molecular weight excluding hydrogens is 326 g/mol. The van der Waals surface area contributed by atoms with Gasteiger partial charge >= 0.3 is 0 Å². The molecule has 1 aliphatic heterocycles. The molecule has 0 aliphatic carbocycles. The Hall–Kier alpha value is -1.44. The summed E-state index contributed by atoms with van der Waals surface area (Å²) in [5, 5.41) is 2.88. The van der Waals surface area contributed by atoms with E-state index < -0.39 is 10.0 Å². The van der Waals surface area contributed by atoms with Crippen molar-refractivity contribution in [3.63, 3.8) is 0 Å². The summed E-state index contributed by atoms with van der Waals surface area (Å²) in [6, 6.07) is 4.92. The van der Waals surface area contributed by atoms with Crippen LogP contribution in [0, 0.1) is 6.92 Å². The minimum absolute atomic E-state index is 0.0626. The summed E-state index contributed by atoms with van der Waals surface area (Å²) >= 11 is 0. The number of nitrogens with zero attached hydrogens (tertiary/aromatic N) is 1. The van der Waals surface area contributed by atoms with Crippen molar-refractivity contribution in [3.05, 3.63) is 23.8 Å². The van der Waals surface area contributed by atoms with E-state index in [1.165, 1.54) is 22.0 Å². The third-order valence-electron chi connectivity index (χ3n) is 4.55. The number of amides is 1. The summed E-state index contributed by atoms with van der Waals surface area (Å²) in [6.45, 7) is 8.84. The van der Waals surface area contributed by atoms with Crippen molar-refractivity contribution in [2.75, 3.05) is 38.0 Å². The Balaban J connectivity index is 2.17. The maximum absolute atomic E-state index is 12.6. The van der Waals surface area contributed by atoms with E-state index in [4.69, 9.17) is 0 Å².